The zero-order chi connectivity index (χ0) is 13.9. The van der Waals surface area contributed by atoms with Crippen LogP contribution in [0.5, 0.6) is 5.75 Å². The Labute approximate surface area is 119 Å². The van der Waals surface area contributed by atoms with Crippen LogP contribution in [0.2, 0.25) is 0 Å². The number of hydrogen-bond acceptors (Lipinski definition) is 4. The van der Waals surface area contributed by atoms with E-state index in [0.29, 0.717) is 24.0 Å². The molecular weight excluding hydrogens is 252 g/mol. The number of fused-ring (bicyclic) bond motifs is 1. The van der Waals surface area contributed by atoms with Crippen molar-refractivity contribution < 1.29 is 9.84 Å². The highest BCUT2D eigenvalue weighted by Crippen LogP contribution is 2.37. The van der Waals surface area contributed by atoms with Gasteiger partial charge in [-0.1, -0.05) is 0 Å². The summed E-state index contributed by atoms with van der Waals surface area (Å²) >= 11 is 0. The molecule has 106 valence electrons. The van der Waals surface area contributed by atoms with Gasteiger partial charge in [-0.3, -0.25) is 4.90 Å². The minimum atomic E-state index is -0.0931. The lowest BCUT2D eigenvalue weighted by Gasteiger charge is -2.18. The summed E-state index contributed by atoms with van der Waals surface area (Å²) in [6.07, 6.45) is 2.05. The monoisotopic (exact) mass is 272 g/mol. The molecule has 1 aromatic carbocycles. The van der Waals surface area contributed by atoms with Crippen LogP contribution in [0.15, 0.2) is 24.3 Å². The Morgan fingerprint density at radius 2 is 2.05 bits per heavy atom. The predicted octanol–water partition coefficient (Wildman–Crippen LogP) is 1.64. The van der Waals surface area contributed by atoms with Crippen LogP contribution >= 0.6 is 0 Å². The molecule has 0 aromatic heterocycles. The Morgan fingerprint density at radius 3 is 2.75 bits per heavy atom. The number of hydrogen-bond donors (Lipinski definition) is 1. The van der Waals surface area contributed by atoms with Gasteiger partial charge in [0.2, 0.25) is 0 Å². The van der Waals surface area contributed by atoms with Gasteiger partial charge in [-0.25, -0.2) is 0 Å². The molecule has 4 nitrogen and oxygen atoms in total. The molecule has 1 saturated heterocycles. The molecule has 2 fully saturated rings. The first-order chi connectivity index (χ1) is 9.76. The molecule has 0 radical (unpaired) electrons. The van der Waals surface area contributed by atoms with Crippen LogP contribution in [0.4, 0.5) is 0 Å². The number of aliphatic hydroxyl groups is 1. The van der Waals surface area contributed by atoms with Crippen molar-refractivity contribution in [3.63, 3.8) is 0 Å². The maximum atomic E-state index is 9.89. The minimum Gasteiger partial charge on any atom is -0.492 e. The van der Waals surface area contributed by atoms with Gasteiger partial charge in [0, 0.05) is 25.6 Å². The van der Waals surface area contributed by atoms with E-state index >= 15 is 0 Å². The fourth-order valence-corrected chi connectivity index (χ4v) is 3.43. The molecule has 1 aliphatic heterocycles. The summed E-state index contributed by atoms with van der Waals surface area (Å²) < 4.78 is 5.70. The zero-order valence-electron chi connectivity index (χ0n) is 11.5. The molecule has 0 bridgehead atoms. The fourth-order valence-electron chi connectivity index (χ4n) is 3.43. The number of aliphatic hydroxyl groups excluding tert-OH is 1. The van der Waals surface area contributed by atoms with Crippen molar-refractivity contribution in [2.75, 3.05) is 26.2 Å². The van der Waals surface area contributed by atoms with Crippen LogP contribution in [-0.4, -0.2) is 42.4 Å². The summed E-state index contributed by atoms with van der Waals surface area (Å²) in [6, 6.07) is 9.30. The van der Waals surface area contributed by atoms with Crippen LogP contribution in [0.1, 0.15) is 18.4 Å². The Balaban J connectivity index is 1.43. The van der Waals surface area contributed by atoms with E-state index in [0.717, 1.165) is 31.8 Å². The first-order valence-corrected chi connectivity index (χ1v) is 7.29. The van der Waals surface area contributed by atoms with Crippen molar-refractivity contribution in [2.45, 2.75) is 18.9 Å². The second-order valence-electron chi connectivity index (χ2n) is 5.81. The Morgan fingerprint density at radius 1 is 1.25 bits per heavy atom. The molecule has 20 heavy (non-hydrogen) atoms. The van der Waals surface area contributed by atoms with Crippen LogP contribution in [0.25, 0.3) is 0 Å². The number of benzene rings is 1. The number of likely N-dealkylation sites (tertiary alicyclic amines) is 1. The second-order valence-corrected chi connectivity index (χ2v) is 5.81. The van der Waals surface area contributed by atoms with E-state index in [1.165, 1.54) is 6.42 Å². The van der Waals surface area contributed by atoms with E-state index in [-0.39, 0.29) is 6.10 Å². The third-order valence-corrected chi connectivity index (χ3v) is 4.55. The number of nitrogens with zero attached hydrogens (tertiary/aromatic N) is 2. The highest BCUT2D eigenvalue weighted by atomic mass is 16.5. The maximum absolute atomic E-state index is 9.89. The van der Waals surface area contributed by atoms with Gasteiger partial charge in [0.25, 0.3) is 0 Å². The normalized spacial score (nSPS) is 29.1. The molecule has 3 unspecified atom stereocenters. The average molecular weight is 272 g/mol. The first-order valence-electron chi connectivity index (χ1n) is 7.29. The number of rotatable bonds is 4. The second kappa shape index (κ2) is 5.82. The van der Waals surface area contributed by atoms with E-state index in [2.05, 4.69) is 11.0 Å². The van der Waals surface area contributed by atoms with Gasteiger partial charge in [0.05, 0.1) is 17.7 Å². The van der Waals surface area contributed by atoms with Gasteiger partial charge in [0.1, 0.15) is 12.4 Å². The SMILES string of the molecule is N#Cc1ccc(OCCN2CC3CCC(O)C3C2)cc1. The molecule has 1 heterocycles. The predicted molar refractivity (Wildman–Crippen MR) is 75.3 cm³/mol. The molecule has 4 heteroatoms. The molecule has 1 aliphatic carbocycles. The summed E-state index contributed by atoms with van der Waals surface area (Å²) in [4.78, 5) is 2.39. The standard InChI is InChI=1S/C16H20N2O2/c17-9-12-1-4-14(5-2-12)20-8-7-18-10-13-3-6-16(19)15(13)11-18/h1-2,4-5,13,15-16,19H,3,6-8,10-11H2. The van der Waals surface area contributed by atoms with Crippen molar-refractivity contribution in [2.24, 2.45) is 11.8 Å². The van der Waals surface area contributed by atoms with Crippen LogP contribution < -0.4 is 4.74 Å². The lowest BCUT2D eigenvalue weighted by molar-refractivity contribution is 0.122. The van der Waals surface area contributed by atoms with E-state index in [9.17, 15) is 5.11 Å². The van der Waals surface area contributed by atoms with Gasteiger partial charge < -0.3 is 9.84 Å². The third kappa shape index (κ3) is 2.79. The lowest BCUT2D eigenvalue weighted by Crippen LogP contribution is -2.28. The van der Waals surface area contributed by atoms with E-state index in [4.69, 9.17) is 10.00 Å². The van der Waals surface area contributed by atoms with Gasteiger partial charge in [0.15, 0.2) is 0 Å². The lowest BCUT2D eigenvalue weighted by atomic mass is 10.00. The highest BCUT2D eigenvalue weighted by molar-refractivity contribution is 5.34. The van der Waals surface area contributed by atoms with Crippen molar-refractivity contribution in [3.8, 4) is 11.8 Å². The summed E-state index contributed by atoms with van der Waals surface area (Å²) in [5.74, 6) is 1.97. The largest absolute Gasteiger partial charge is 0.492 e. The van der Waals surface area contributed by atoms with E-state index in [1.54, 1.807) is 12.1 Å². The van der Waals surface area contributed by atoms with Gasteiger partial charge in [-0.2, -0.15) is 5.26 Å². The smallest absolute Gasteiger partial charge is 0.119 e. The maximum Gasteiger partial charge on any atom is 0.119 e. The number of ether oxygens (including phenoxy) is 1. The Bertz CT molecular complexity index is 494. The Kier molecular flexibility index (Phi) is 3.90. The van der Waals surface area contributed by atoms with Crippen LogP contribution in [0, 0.1) is 23.2 Å². The minimum absolute atomic E-state index is 0.0931. The molecule has 0 amide bonds. The van der Waals surface area contributed by atoms with Crippen LogP contribution in [-0.2, 0) is 0 Å². The fraction of sp³-hybridized carbons (Fsp3) is 0.562. The van der Waals surface area contributed by atoms with Crippen molar-refractivity contribution >= 4 is 0 Å². The van der Waals surface area contributed by atoms with E-state index in [1.807, 2.05) is 12.1 Å². The van der Waals surface area contributed by atoms with Crippen molar-refractivity contribution in [3.05, 3.63) is 29.8 Å². The summed E-state index contributed by atoms with van der Waals surface area (Å²) in [7, 11) is 0. The van der Waals surface area contributed by atoms with Gasteiger partial charge in [-0.15, -0.1) is 0 Å². The number of nitriles is 1. The first kappa shape index (κ1) is 13.4. The molecule has 1 saturated carbocycles. The summed E-state index contributed by atoms with van der Waals surface area (Å²) in [5.41, 5.74) is 0.652. The molecular formula is C16H20N2O2. The molecule has 0 spiro atoms. The van der Waals surface area contributed by atoms with Crippen molar-refractivity contribution in [1.82, 2.24) is 4.90 Å². The molecule has 1 aromatic rings. The van der Waals surface area contributed by atoms with Crippen LogP contribution in [0.3, 0.4) is 0 Å². The molecule has 3 atom stereocenters. The van der Waals surface area contributed by atoms with Crippen molar-refractivity contribution in [1.29, 1.82) is 5.26 Å². The zero-order valence-corrected chi connectivity index (χ0v) is 11.5. The summed E-state index contributed by atoms with van der Waals surface area (Å²) in [6.45, 7) is 3.65. The highest BCUT2D eigenvalue weighted by Gasteiger charge is 2.41. The average Bonchev–Trinajstić information content (AvgIpc) is 3.02. The summed E-state index contributed by atoms with van der Waals surface area (Å²) in [5, 5.41) is 18.6. The quantitative estimate of drug-likeness (QED) is 0.905. The Hall–Kier alpha value is -1.57. The molecule has 3 rings (SSSR count). The third-order valence-electron chi connectivity index (χ3n) is 4.55. The topological polar surface area (TPSA) is 56.5 Å². The molecule has 1 N–H and O–H groups in total. The van der Waals surface area contributed by atoms with Gasteiger partial charge >= 0.3 is 0 Å². The van der Waals surface area contributed by atoms with Gasteiger partial charge in [-0.05, 0) is 43.0 Å². The molecule has 2 aliphatic rings. The van der Waals surface area contributed by atoms with E-state index < -0.39 is 0 Å².